The molecule has 110 valence electrons. The Balaban J connectivity index is 2.58. The van der Waals surface area contributed by atoms with Gasteiger partial charge in [0.1, 0.15) is 0 Å². The maximum atomic E-state index is 12.0. The molecule has 0 bridgehead atoms. The van der Waals surface area contributed by atoms with Crippen molar-refractivity contribution in [2.24, 2.45) is 0 Å². The number of nitrogens with zero attached hydrogens (tertiary/aromatic N) is 2. The highest BCUT2D eigenvalue weighted by Crippen LogP contribution is 2.10. The van der Waals surface area contributed by atoms with E-state index < -0.39 is 0 Å². The van der Waals surface area contributed by atoms with Gasteiger partial charge in [-0.05, 0) is 31.6 Å². The Hall–Kier alpha value is -1.61. The van der Waals surface area contributed by atoms with Crippen LogP contribution in [0.3, 0.4) is 0 Å². The zero-order valence-electron chi connectivity index (χ0n) is 13.1. The largest absolute Gasteiger partial charge is 0.341 e. The van der Waals surface area contributed by atoms with Crippen LogP contribution in [-0.4, -0.2) is 36.9 Å². The molecule has 0 fully saturated rings. The average molecular weight is 274 g/mol. The van der Waals surface area contributed by atoms with Crippen molar-refractivity contribution in [1.82, 2.24) is 9.80 Å². The highest BCUT2D eigenvalue weighted by molar-refractivity contribution is 5.77. The standard InChI is InChI=1S/C17H26N2O/c1-5-6-7-11-17(20)19(4)14-16-10-8-9-15(12-16)13-18(2)3/h6-10,12H,5,11,13-14H2,1-4H3/b7-6+. The summed E-state index contributed by atoms with van der Waals surface area (Å²) in [6.07, 6.45) is 5.44. The molecule has 0 saturated heterocycles. The Morgan fingerprint density at radius 1 is 1.10 bits per heavy atom. The van der Waals surface area contributed by atoms with Crippen LogP contribution in [0.25, 0.3) is 0 Å². The molecule has 0 aromatic heterocycles. The molecule has 0 saturated carbocycles. The third kappa shape index (κ3) is 6.02. The number of hydrogen-bond acceptors (Lipinski definition) is 2. The summed E-state index contributed by atoms with van der Waals surface area (Å²) in [7, 11) is 5.98. The summed E-state index contributed by atoms with van der Waals surface area (Å²) in [5, 5.41) is 0. The summed E-state index contributed by atoms with van der Waals surface area (Å²) >= 11 is 0. The van der Waals surface area contributed by atoms with Crippen LogP contribution in [0.15, 0.2) is 36.4 Å². The summed E-state index contributed by atoms with van der Waals surface area (Å²) in [5.41, 5.74) is 2.46. The predicted octanol–water partition coefficient (Wildman–Crippen LogP) is 3.06. The van der Waals surface area contributed by atoms with E-state index in [1.54, 1.807) is 4.90 Å². The zero-order valence-corrected chi connectivity index (χ0v) is 13.1. The zero-order chi connectivity index (χ0) is 15.0. The van der Waals surface area contributed by atoms with Crippen molar-refractivity contribution in [3.05, 3.63) is 47.5 Å². The molecule has 3 nitrogen and oxygen atoms in total. The molecule has 1 aromatic carbocycles. The number of allylic oxidation sites excluding steroid dienone is 1. The maximum Gasteiger partial charge on any atom is 0.226 e. The first-order valence-corrected chi connectivity index (χ1v) is 7.14. The molecular weight excluding hydrogens is 248 g/mol. The fourth-order valence-corrected chi connectivity index (χ4v) is 2.06. The van der Waals surface area contributed by atoms with Crippen LogP contribution in [0.1, 0.15) is 30.9 Å². The van der Waals surface area contributed by atoms with Gasteiger partial charge < -0.3 is 9.80 Å². The van der Waals surface area contributed by atoms with Crippen LogP contribution >= 0.6 is 0 Å². The van der Waals surface area contributed by atoms with E-state index in [0.29, 0.717) is 13.0 Å². The van der Waals surface area contributed by atoms with Gasteiger partial charge in [-0.15, -0.1) is 0 Å². The predicted molar refractivity (Wildman–Crippen MR) is 84.4 cm³/mol. The highest BCUT2D eigenvalue weighted by atomic mass is 16.2. The Labute approximate surface area is 122 Å². The molecule has 0 aliphatic heterocycles. The summed E-state index contributed by atoms with van der Waals surface area (Å²) < 4.78 is 0. The van der Waals surface area contributed by atoms with Gasteiger partial charge in [0.15, 0.2) is 0 Å². The van der Waals surface area contributed by atoms with Gasteiger partial charge in [0, 0.05) is 26.6 Å². The van der Waals surface area contributed by atoms with Crippen molar-refractivity contribution < 1.29 is 4.79 Å². The van der Waals surface area contributed by atoms with E-state index in [9.17, 15) is 4.79 Å². The van der Waals surface area contributed by atoms with Crippen molar-refractivity contribution >= 4 is 5.91 Å². The molecule has 0 unspecified atom stereocenters. The number of hydrogen-bond donors (Lipinski definition) is 0. The van der Waals surface area contributed by atoms with E-state index in [1.165, 1.54) is 11.1 Å². The van der Waals surface area contributed by atoms with E-state index in [2.05, 4.69) is 50.2 Å². The molecule has 0 aliphatic carbocycles. The lowest BCUT2D eigenvalue weighted by Gasteiger charge is -2.17. The molecular formula is C17H26N2O. The van der Waals surface area contributed by atoms with Gasteiger partial charge in [-0.1, -0.05) is 43.3 Å². The van der Waals surface area contributed by atoms with Gasteiger partial charge in [-0.2, -0.15) is 0 Å². The average Bonchev–Trinajstić information content (AvgIpc) is 2.38. The number of rotatable bonds is 7. The monoisotopic (exact) mass is 274 g/mol. The van der Waals surface area contributed by atoms with Gasteiger partial charge in [-0.3, -0.25) is 4.79 Å². The van der Waals surface area contributed by atoms with Crippen molar-refractivity contribution in [3.63, 3.8) is 0 Å². The van der Waals surface area contributed by atoms with Crippen LogP contribution in [0.2, 0.25) is 0 Å². The fourth-order valence-electron chi connectivity index (χ4n) is 2.06. The normalized spacial score (nSPS) is 11.2. The molecule has 0 atom stereocenters. The van der Waals surface area contributed by atoms with Gasteiger partial charge >= 0.3 is 0 Å². The van der Waals surface area contributed by atoms with E-state index in [4.69, 9.17) is 0 Å². The van der Waals surface area contributed by atoms with Crippen LogP contribution in [0, 0.1) is 0 Å². The van der Waals surface area contributed by atoms with E-state index in [0.717, 1.165) is 13.0 Å². The third-order valence-corrected chi connectivity index (χ3v) is 3.03. The van der Waals surface area contributed by atoms with Crippen LogP contribution in [0.5, 0.6) is 0 Å². The minimum atomic E-state index is 0.160. The molecule has 1 aromatic rings. The Morgan fingerprint density at radius 2 is 1.75 bits per heavy atom. The molecule has 0 radical (unpaired) electrons. The number of benzene rings is 1. The fraction of sp³-hybridized carbons (Fsp3) is 0.471. The van der Waals surface area contributed by atoms with Gasteiger partial charge in [0.05, 0.1) is 0 Å². The quantitative estimate of drug-likeness (QED) is 0.713. The molecule has 0 N–H and O–H groups in total. The van der Waals surface area contributed by atoms with E-state index >= 15 is 0 Å². The summed E-state index contributed by atoms with van der Waals surface area (Å²) in [4.78, 5) is 15.9. The number of carbonyl (C=O) groups is 1. The summed E-state index contributed by atoms with van der Waals surface area (Å²) in [6, 6.07) is 8.43. The molecule has 3 heteroatoms. The van der Waals surface area contributed by atoms with Crippen molar-refractivity contribution in [2.45, 2.75) is 32.9 Å². The molecule has 0 spiro atoms. The van der Waals surface area contributed by atoms with E-state index in [1.807, 2.05) is 19.2 Å². The lowest BCUT2D eigenvalue weighted by atomic mass is 10.1. The van der Waals surface area contributed by atoms with Crippen LogP contribution in [-0.2, 0) is 17.9 Å². The summed E-state index contributed by atoms with van der Waals surface area (Å²) in [6.45, 7) is 3.66. The van der Waals surface area contributed by atoms with Crippen molar-refractivity contribution in [3.8, 4) is 0 Å². The van der Waals surface area contributed by atoms with E-state index in [-0.39, 0.29) is 5.91 Å². The second-order valence-corrected chi connectivity index (χ2v) is 5.39. The SMILES string of the molecule is CC/C=C/CC(=O)N(C)Cc1cccc(CN(C)C)c1. The minimum Gasteiger partial charge on any atom is -0.341 e. The Bertz CT molecular complexity index is 452. The number of carbonyl (C=O) groups excluding carboxylic acids is 1. The second kappa shape index (κ2) is 8.54. The second-order valence-electron chi connectivity index (χ2n) is 5.39. The first-order valence-electron chi connectivity index (χ1n) is 7.14. The first kappa shape index (κ1) is 16.4. The topological polar surface area (TPSA) is 23.6 Å². The van der Waals surface area contributed by atoms with Crippen molar-refractivity contribution in [2.75, 3.05) is 21.1 Å². The third-order valence-electron chi connectivity index (χ3n) is 3.03. The molecule has 1 rings (SSSR count). The lowest BCUT2D eigenvalue weighted by Crippen LogP contribution is -2.25. The molecule has 20 heavy (non-hydrogen) atoms. The maximum absolute atomic E-state index is 12.0. The first-order chi connectivity index (χ1) is 9.52. The lowest BCUT2D eigenvalue weighted by molar-refractivity contribution is -0.129. The smallest absolute Gasteiger partial charge is 0.226 e. The van der Waals surface area contributed by atoms with Crippen molar-refractivity contribution in [1.29, 1.82) is 0 Å². The highest BCUT2D eigenvalue weighted by Gasteiger charge is 2.07. The van der Waals surface area contributed by atoms with Gasteiger partial charge in [-0.25, -0.2) is 0 Å². The Kier molecular flexibility index (Phi) is 7.02. The molecule has 0 heterocycles. The van der Waals surface area contributed by atoms with Crippen LogP contribution < -0.4 is 0 Å². The number of amides is 1. The van der Waals surface area contributed by atoms with Crippen LogP contribution in [0.4, 0.5) is 0 Å². The Morgan fingerprint density at radius 3 is 2.35 bits per heavy atom. The molecule has 1 amide bonds. The molecule has 0 aliphatic rings. The summed E-state index contributed by atoms with van der Waals surface area (Å²) in [5.74, 6) is 0.160. The minimum absolute atomic E-state index is 0.160. The van der Waals surface area contributed by atoms with Gasteiger partial charge in [0.25, 0.3) is 0 Å². The van der Waals surface area contributed by atoms with Gasteiger partial charge in [0.2, 0.25) is 5.91 Å².